The van der Waals surface area contributed by atoms with Crippen molar-refractivity contribution in [1.29, 1.82) is 0 Å². The van der Waals surface area contributed by atoms with E-state index in [1.165, 1.54) is 21.5 Å². The van der Waals surface area contributed by atoms with E-state index in [2.05, 4.69) is 177 Å². The molecular formula is C44H27N5. The number of nitrogens with zero attached hydrogens (tertiary/aromatic N) is 5. The van der Waals surface area contributed by atoms with E-state index in [1.54, 1.807) is 0 Å². The molecule has 0 bridgehead atoms. The highest BCUT2D eigenvalue weighted by Crippen LogP contribution is 2.42. The quantitative estimate of drug-likeness (QED) is 0.183. The topological polar surface area (TPSA) is 40.0 Å². The lowest BCUT2D eigenvalue weighted by atomic mass is 10.00. The van der Waals surface area contributed by atoms with E-state index in [1.807, 2.05) is 0 Å². The molecule has 0 unspecified atom stereocenters. The zero-order valence-corrected chi connectivity index (χ0v) is 26.3. The summed E-state index contributed by atoms with van der Waals surface area (Å²) in [5.41, 5.74) is 11.9. The van der Waals surface area contributed by atoms with E-state index < -0.39 is 0 Å². The number of pyridine rings is 1. The minimum atomic E-state index is 0.917. The van der Waals surface area contributed by atoms with Crippen molar-refractivity contribution in [3.63, 3.8) is 0 Å². The van der Waals surface area contributed by atoms with Gasteiger partial charge in [0.25, 0.3) is 0 Å². The molecule has 4 aromatic heterocycles. The lowest BCUT2D eigenvalue weighted by molar-refractivity contribution is 1.10. The molecule has 0 saturated heterocycles. The third kappa shape index (κ3) is 3.64. The van der Waals surface area contributed by atoms with Crippen LogP contribution in [-0.2, 0) is 0 Å². The molecule has 0 spiro atoms. The Hall–Kier alpha value is -6.72. The second kappa shape index (κ2) is 9.89. The van der Waals surface area contributed by atoms with Crippen molar-refractivity contribution < 1.29 is 0 Å². The van der Waals surface area contributed by atoms with Crippen LogP contribution in [0.15, 0.2) is 164 Å². The molecule has 0 aliphatic rings. The number of aromatic nitrogens is 5. The van der Waals surface area contributed by atoms with Crippen molar-refractivity contribution in [3.05, 3.63) is 164 Å². The van der Waals surface area contributed by atoms with Gasteiger partial charge in [-0.1, -0.05) is 91.0 Å². The van der Waals surface area contributed by atoms with Crippen LogP contribution in [0.1, 0.15) is 0 Å². The molecule has 0 aliphatic carbocycles. The first-order valence-corrected chi connectivity index (χ1v) is 16.6. The average molecular weight is 626 g/mol. The van der Waals surface area contributed by atoms with Crippen LogP contribution in [0.25, 0.3) is 94.0 Å². The Bertz CT molecular complexity index is 3110. The monoisotopic (exact) mass is 625 g/mol. The first kappa shape index (κ1) is 26.4. The molecule has 228 valence electrons. The highest BCUT2D eigenvalue weighted by atomic mass is 15.1. The standard InChI is InChI=1S/C44H27N5/c1-2-14-29(15-3-1)48-38-23-10-6-19-34(38)45-43(48)28-13-12-16-30(27-28)47-36-21-8-5-18-32(36)42-40(47)26-25-33-41(42)31-17-4-9-22-37(31)49-39-24-11-7-20-35(39)46-44(33)49/h1-27H. The summed E-state index contributed by atoms with van der Waals surface area (Å²) in [4.78, 5) is 10.4. The van der Waals surface area contributed by atoms with E-state index in [-0.39, 0.29) is 0 Å². The SMILES string of the molecule is c1ccc(-n2c(-c3cccc(-n4c5ccccc5c5c6c7ccccc7n7c8ccccc8nc7c6ccc54)c3)nc3ccccc32)cc1. The van der Waals surface area contributed by atoms with Crippen molar-refractivity contribution in [2.24, 2.45) is 0 Å². The molecule has 0 radical (unpaired) electrons. The van der Waals surface area contributed by atoms with Crippen LogP contribution < -0.4 is 0 Å². The molecule has 0 amide bonds. The number of benzene rings is 7. The van der Waals surface area contributed by atoms with Crippen molar-refractivity contribution in [3.8, 4) is 22.8 Å². The molecule has 0 fully saturated rings. The van der Waals surface area contributed by atoms with Gasteiger partial charge in [0.2, 0.25) is 0 Å². The summed E-state index contributed by atoms with van der Waals surface area (Å²) in [5, 5.41) is 6.05. The summed E-state index contributed by atoms with van der Waals surface area (Å²) in [6, 6.07) is 58.1. The maximum absolute atomic E-state index is 5.19. The van der Waals surface area contributed by atoms with Gasteiger partial charge in [0, 0.05) is 43.9 Å². The lowest BCUT2D eigenvalue weighted by Crippen LogP contribution is -1.99. The second-order valence-electron chi connectivity index (χ2n) is 12.7. The number of para-hydroxylation sites is 7. The first-order valence-electron chi connectivity index (χ1n) is 16.6. The maximum atomic E-state index is 5.19. The van der Waals surface area contributed by atoms with Gasteiger partial charge in [0.15, 0.2) is 0 Å². The van der Waals surface area contributed by atoms with Crippen molar-refractivity contribution in [1.82, 2.24) is 23.5 Å². The number of imidazole rings is 2. The summed E-state index contributed by atoms with van der Waals surface area (Å²) in [7, 11) is 0. The van der Waals surface area contributed by atoms with Gasteiger partial charge in [-0.2, -0.15) is 0 Å². The smallest absolute Gasteiger partial charge is 0.146 e. The van der Waals surface area contributed by atoms with E-state index in [0.29, 0.717) is 0 Å². The number of hydrogen-bond donors (Lipinski definition) is 0. The number of hydrogen-bond acceptors (Lipinski definition) is 2. The molecule has 4 heterocycles. The normalized spacial score (nSPS) is 12.1. The molecule has 0 saturated carbocycles. The molecule has 11 rings (SSSR count). The first-order chi connectivity index (χ1) is 24.3. The summed E-state index contributed by atoms with van der Waals surface area (Å²) in [6.07, 6.45) is 0. The Morgan fingerprint density at radius 1 is 0.367 bits per heavy atom. The van der Waals surface area contributed by atoms with Crippen LogP contribution in [0.2, 0.25) is 0 Å². The largest absolute Gasteiger partial charge is 0.309 e. The number of fused-ring (bicyclic) bond motifs is 13. The van der Waals surface area contributed by atoms with Gasteiger partial charge in [-0.05, 0) is 72.8 Å². The Kier molecular flexibility index (Phi) is 5.32. The molecular weight excluding hydrogens is 599 g/mol. The van der Waals surface area contributed by atoms with Gasteiger partial charge in [-0.15, -0.1) is 0 Å². The van der Waals surface area contributed by atoms with Crippen LogP contribution in [0.5, 0.6) is 0 Å². The molecule has 11 aromatic rings. The van der Waals surface area contributed by atoms with Crippen LogP contribution in [0, 0.1) is 0 Å². The molecule has 0 atom stereocenters. The Morgan fingerprint density at radius 2 is 1.00 bits per heavy atom. The lowest BCUT2D eigenvalue weighted by Gasteiger charge is -2.13. The van der Waals surface area contributed by atoms with Gasteiger partial charge in [0.1, 0.15) is 11.5 Å². The van der Waals surface area contributed by atoms with E-state index in [4.69, 9.17) is 9.97 Å². The van der Waals surface area contributed by atoms with Crippen LogP contribution >= 0.6 is 0 Å². The van der Waals surface area contributed by atoms with E-state index in [0.717, 1.165) is 72.4 Å². The summed E-state index contributed by atoms with van der Waals surface area (Å²) < 4.78 is 6.99. The molecule has 5 nitrogen and oxygen atoms in total. The highest BCUT2D eigenvalue weighted by molar-refractivity contribution is 6.30. The zero-order valence-electron chi connectivity index (χ0n) is 26.3. The molecule has 5 heteroatoms. The Balaban J connectivity index is 1.23. The fourth-order valence-electron chi connectivity index (χ4n) is 7.98. The maximum Gasteiger partial charge on any atom is 0.146 e. The van der Waals surface area contributed by atoms with Gasteiger partial charge >= 0.3 is 0 Å². The predicted octanol–water partition coefficient (Wildman–Crippen LogP) is 10.9. The fraction of sp³-hybridized carbons (Fsp3) is 0. The zero-order chi connectivity index (χ0) is 32.1. The second-order valence-corrected chi connectivity index (χ2v) is 12.7. The van der Waals surface area contributed by atoms with Crippen molar-refractivity contribution >= 4 is 71.2 Å². The van der Waals surface area contributed by atoms with Crippen LogP contribution in [0.4, 0.5) is 0 Å². The third-order valence-electron chi connectivity index (χ3n) is 9.99. The van der Waals surface area contributed by atoms with Gasteiger partial charge < -0.3 is 4.57 Å². The van der Waals surface area contributed by atoms with Crippen LogP contribution in [0.3, 0.4) is 0 Å². The highest BCUT2D eigenvalue weighted by Gasteiger charge is 2.21. The predicted molar refractivity (Wildman–Crippen MR) is 202 cm³/mol. The van der Waals surface area contributed by atoms with Crippen molar-refractivity contribution in [2.45, 2.75) is 0 Å². The Labute approximate surface area is 280 Å². The van der Waals surface area contributed by atoms with Gasteiger partial charge in [0.05, 0.1) is 38.6 Å². The van der Waals surface area contributed by atoms with Crippen molar-refractivity contribution in [2.75, 3.05) is 0 Å². The molecule has 0 N–H and O–H groups in total. The minimum absolute atomic E-state index is 0.917. The van der Waals surface area contributed by atoms with E-state index in [9.17, 15) is 0 Å². The fourth-order valence-corrected chi connectivity index (χ4v) is 7.98. The Morgan fingerprint density at radius 3 is 1.82 bits per heavy atom. The van der Waals surface area contributed by atoms with Gasteiger partial charge in [-0.3, -0.25) is 8.97 Å². The summed E-state index contributed by atoms with van der Waals surface area (Å²) in [6.45, 7) is 0. The summed E-state index contributed by atoms with van der Waals surface area (Å²) >= 11 is 0. The minimum Gasteiger partial charge on any atom is -0.309 e. The molecule has 7 aromatic carbocycles. The molecule has 49 heavy (non-hydrogen) atoms. The number of rotatable bonds is 3. The average Bonchev–Trinajstić information content (AvgIpc) is 3.85. The van der Waals surface area contributed by atoms with Crippen LogP contribution in [-0.4, -0.2) is 23.5 Å². The van der Waals surface area contributed by atoms with E-state index >= 15 is 0 Å². The van der Waals surface area contributed by atoms with Gasteiger partial charge in [-0.25, -0.2) is 9.97 Å². The summed E-state index contributed by atoms with van der Waals surface area (Å²) in [5.74, 6) is 0.917. The molecule has 0 aliphatic heterocycles. The third-order valence-corrected chi connectivity index (χ3v) is 9.99.